The third-order valence-corrected chi connectivity index (χ3v) is 5.75. The molecule has 5 nitrogen and oxygen atoms in total. The summed E-state index contributed by atoms with van der Waals surface area (Å²) < 4.78 is 5.54. The van der Waals surface area contributed by atoms with Gasteiger partial charge >= 0.3 is 0 Å². The first kappa shape index (κ1) is 26.3. The van der Waals surface area contributed by atoms with E-state index in [2.05, 4.69) is 6.92 Å². The SMILES string of the molecule is CCCCC(CCCCCCCCCCCCC(=O)c1c(O)cc(O)cc1O)OC. The number of ether oxygens (including phenoxy) is 1. The van der Waals surface area contributed by atoms with Crippen molar-refractivity contribution < 1.29 is 24.9 Å². The number of ketones is 1. The highest BCUT2D eigenvalue weighted by Gasteiger charge is 2.17. The normalized spacial score (nSPS) is 12.2. The lowest BCUT2D eigenvalue weighted by atomic mass is 10.0. The Morgan fingerprint density at radius 2 is 1.27 bits per heavy atom. The summed E-state index contributed by atoms with van der Waals surface area (Å²) in [5, 5.41) is 28.8. The summed E-state index contributed by atoms with van der Waals surface area (Å²) in [6.45, 7) is 2.22. The molecule has 1 aromatic rings. The van der Waals surface area contributed by atoms with Crippen LogP contribution in [0.2, 0.25) is 0 Å². The molecule has 0 spiro atoms. The maximum atomic E-state index is 12.2. The molecular weight excluding hydrogens is 380 g/mol. The molecule has 1 unspecified atom stereocenters. The molecule has 1 aromatic carbocycles. The first-order chi connectivity index (χ1) is 14.5. The van der Waals surface area contributed by atoms with Crippen LogP contribution in [0.1, 0.15) is 114 Å². The van der Waals surface area contributed by atoms with Gasteiger partial charge in [0, 0.05) is 25.7 Å². The largest absolute Gasteiger partial charge is 0.508 e. The monoisotopic (exact) mass is 422 g/mol. The Morgan fingerprint density at radius 1 is 0.800 bits per heavy atom. The molecule has 0 aliphatic rings. The maximum Gasteiger partial charge on any atom is 0.170 e. The van der Waals surface area contributed by atoms with Gasteiger partial charge in [-0.05, 0) is 19.3 Å². The van der Waals surface area contributed by atoms with E-state index < -0.39 is 0 Å². The summed E-state index contributed by atoms with van der Waals surface area (Å²) in [6, 6.07) is 2.16. The van der Waals surface area contributed by atoms with Gasteiger partial charge in [0.2, 0.25) is 0 Å². The molecule has 0 aromatic heterocycles. The Kier molecular flexibility index (Phi) is 14.0. The molecule has 0 bridgehead atoms. The van der Waals surface area contributed by atoms with Crippen molar-refractivity contribution in [1.29, 1.82) is 0 Å². The van der Waals surface area contributed by atoms with Crippen molar-refractivity contribution in [2.45, 2.75) is 109 Å². The number of benzene rings is 1. The number of hydrogen-bond acceptors (Lipinski definition) is 5. The fourth-order valence-electron chi connectivity index (χ4n) is 3.89. The third-order valence-electron chi connectivity index (χ3n) is 5.75. The molecule has 30 heavy (non-hydrogen) atoms. The molecule has 0 aliphatic carbocycles. The van der Waals surface area contributed by atoms with Crippen molar-refractivity contribution in [2.75, 3.05) is 7.11 Å². The topological polar surface area (TPSA) is 87.0 Å². The number of rotatable bonds is 18. The fourth-order valence-corrected chi connectivity index (χ4v) is 3.89. The number of carbonyl (C=O) groups is 1. The number of aromatic hydroxyl groups is 3. The number of hydrogen-bond donors (Lipinski definition) is 3. The predicted molar refractivity (Wildman–Crippen MR) is 121 cm³/mol. The maximum absolute atomic E-state index is 12.2. The van der Waals surface area contributed by atoms with Crippen LogP contribution in [-0.2, 0) is 4.74 Å². The van der Waals surface area contributed by atoms with Crippen LogP contribution >= 0.6 is 0 Å². The fraction of sp³-hybridized carbons (Fsp3) is 0.720. The zero-order chi connectivity index (χ0) is 22.2. The minimum Gasteiger partial charge on any atom is -0.508 e. The quantitative estimate of drug-likeness (QED) is 0.177. The van der Waals surface area contributed by atoms with Crippen molar-refractivity contribution in [1.82, 2.24) is 0 Å². The van der Waals surface area contributed by atoms with Crippen LogP contribution < -0.4 is 0 Å². The predicted octanol–water partition coefficient (Wildman–Crippen LogP) is 6.87. The molecule has 0 aliphatic heterocycles. The summed E-state index contributed by atoms with van der Waals surface area (Å²) in [7, 11) is 1.83. The van der Waals surface area contributed by atoms with Crippen molar-refractivity contribution in [3.05, 3.63) is 17.7 Å². The van der Waals surface area contributed by atoms with Gasteiger partial charge in [0.05, 0.1) is 6.10 Å². The van der Waals surface area contributed by atoms with E-state index in [1.807, 2.05) is 7.11 Å². The molecule has 0 heterocycles. The molecule has 0 radical (unpaired) electrons. The van der Waals surface area contributed by atoms with Crippen LogP contribution in [0.5, 0.6) is 17.2 Å². The smallest absolute Gasteiger partial charge is 0.170 e. The number of Topliss-reactive ketones (excluding diaryl/α,β-unsaturated/α-hetero) is 1. The Bertz CT molecular complexity index is 576. The summed E-state index contributed by atoms with van der Waals surface area (Å²) in [6.07, 6.45) is 17.3. The molecule has 0 saturated heterocycles. The first-order valence-corrected chi connectivity index (χ1v) is 11.8. The zero-order valence-electron chi connectivity index (χ0n) is 19.0. The van der Waals surface area contributed by atoms with Gasteiger partial charge in [0.15, 0.2) is 5.78 Å². The van der Waals surface area contributed by atoms with E-state index in [1.165, 1.54) is 70.6 Å². The second kappa shape index (κ2) is 16.0. The Balaban J connectivity index is 1.98. The van der Waals surface area contributed by atoms with E-state index in [9.17, 15) is 20.1 Å². The van der Waals surface area contributed by atoms with Crippen LogP contribution in [0.4, 0.5) is 0 Å². The lowest BCUT2D eigenvalue weighted by Crippen LogP contribution is -2.09. The van der Waals surface area contributed by atoms with E-state index in [-0.39, 0.29) is 28.6 Å². The van der Waals surface area contributed by atoms with E-state index in [4.69, 9.17) is 4.74 Å². The summed E-state index contributed by atoms with van der Waals surface area (Å²) >= 11 is 0. The first-order valence-electron chi connectivity index (χ1n) is 11.8. The molecule has 5 heteroatoms. The van der Waals surface area contributed by atoms with Crippen LogP contribution in [0.3, 0.4) is 0 Å². The summed E-state index contributed by atoms with van der Waals surface area (Å²) in [5.74, 6) is -1.27. The van der Waals surface area contributed by atoms with Gasteiger partial charge in [-0.15, -0.1) is 0 Å². The van der Waals surface area contributed by atoms with Gasteiger partial charge in [0.25, 0.3) is 0 Å². The van der Waals surface area contributed by atoms with Crippen molar-refractivity contribution in [3.8, 4) is 17.2 Å². The Morgan fingerprint density at radius 3 is 1.77 bits per heavy atom. The van der Waals surface area contributed by atoms with E-state index in [0.29, 0.717) is 12.5 Å². The molecular formula is C25H42O5. The average molecular weight is 423 g/mol. The lowest BCUT2D eigenvalue weighted by molar-refractivity contribution is 0.0836. The van der Waals surface area contributed by atoms with Gasteiger partial charge < -0.3 is 20.1 Å². The van der Waals surface area contributed by atoms with Crippen LogP contribution in [0, 0.1) is 0 Å². The molecule has 0 saturated carbocycles. The number of phenols is 3. The van der Waals surface area contributed by atoms with Crippen LogP contribution in [0.25, 0.3) is 0 Å². The molecule has 1 atom stereocenters. The highest BCUT2D eigenvalue weighted by Crippen LogP contribution is 2.33. The van der Waals surface area contributed by atoms with Crippen LogP contribution in [0.15, 0.2) is 12.1 Å². The van der Waals surface area contributed by atoms with Gasteiger partial charge in [-0.1, -0.05) is 77.6 Å². The highest BCUT2D eigenvalue weighted by atomic mass is 16.5. The minimum absolute atomic E-state index is 0.0880. The number of methoxy groups -OCH3 is 1. The second-order valence-electron chi connectivity index (χ2n) is 8.36. The summed E-state index contributed by atoms with van der Waals surface area (Å²) in [5.41, 5.74) is -0.0880. The lowest BCUT2D eigenvalue weighted by Gasteiger charge is -2.14. The minimum atomic E-state index is -0.365. The average Bonchev–Trinajstić information content (AvgIpc) is 2.70. The Hall–Kier alpha value is -1.75. The molecule has 3 N–H and O–H groups in total. The van der Waals surface area contributed by atoms with Gasteiger partial charge in [-0.25, -0.2) is 0 Å². The molecule has 0 fully saturated rings. The highest BCUT2D eigenvalue weighted by molar-refractivity contribution is 6.01. The summed E-state index contributed by atoms with van der Waals surface area (Å²) in [4.78, 5) is 12.2. The number of phenolic OH excluding ortho intramolecular Hbond substituents is 3. The number of carbonyl (C=O) groups excluding carboxylic acids is 1. The number of unbranched alkanes of at least 4 members (excludes halogenated alkanes) is 10. The zero-order valence-corrected chi connectivity index (χ0v) is 19.0. The standard InChI is InChI=1S/C25H42O5/c1-3-4-15-21(30-2)16-13-11-9-7-5-6-8-10-12-14-17-22(27)25-23(28)18-20(26)19-24(25)29/h18-19,21,26,28-29H,3-17H2,1-2H3. The van der Waals surface area contributed by atoms with Crippen molar-refractivity contribution in [2.24, 2.45) is 0 Å². The van der Waals surface area contributed by atoms with Crippen LogP contribution in [-0.4, -0.2) is 34.3 Å². The molecule has 0 amide bonds. The van der Waals surface area contributed by atoms with Gasteiger partial charge in [0.1, 0.15) is 22.8 Å². The van der Waals surface area contributed by atoms with Gasteiger partial charge in [-0.3, -0.25) is 4.79 Å². The second-order valence-corrected chi connectivity index (χ2v) is 8.36. The van der Waals surface area contributed by atoms with Crippen molar-refractivity contribution >= 4 is 5.78 Å². The van der Waals surface area contributed by atoms with E-state index in [0.717, 1.165) is 31.4 Å². The molecule has 1 rings (SSSR count). The molecule has 172 valence electrons. The van der Waals surface area contributed by atoms with E-state index >= 15 is 0 Å². The van der Waals surface area contributed by atoms with Crippen molar-refractivity contribution in [3.63, 3.8) is 0 Å². The van der Waals surface area contributed by atoms with Gasteiger partial charge in [-0.2, -0.15) is 0 Å². The van der Waals surface area contributed by atoms with E-state index in [1.54, 1.807) is 0 Å². The third kappa shape index (κ3) is 10.9. The Labute approximate surface area is 182 Å².